The quantitative estimate of drug-likeness (QED) is 0.104. The normalized spacial score (nSPS) is 15.9. The molecule has 0 spiro atoms. The van der Waals surface area contributed by atoms with Gasteiger partial charge >= 0.3 is 11.9 Å². The van der Waals surface area contributed by atoms with Crippen LogP contribution in [0.15, 0.2) is 53.3 Å². The minimum absolute atomic E-state index is 0.000223. The number of unbranched alkanes of at least 4 members (excludes halogenated alkanes) is 2. The predicted octanol–water partition coefficient (Wildman–Crippen LogP) is 5.85. The van der Waals surface area contributed by atoms with Crippen molar-refractivity contribution >= 4 is 11.9 Å². The lowest BCUT2D eigenvalue weighted by Crippen LogP contribution is -2.37. The van der Waals surface area contributed by atoms with E-state index in [0.29, 0.717) is 12.2 Å². The Morgan fingerprint density at radius 1 is 0.935 bits per heavy atom. The first-order valence-corrected chi connectivity index (χ1v) is 16.5. The molecule has 0 saturated carbocycles. The molecule has 2 aromatic heterocycles. The van der Waals surface area contributed by atoms with E-state index in [0.717, 1.165) is 72.0 Å². The van der Waals surface area contributed by atoms with Gasteiger partial charge in [0.15, 0.2) is 11.7 Å². The molecule has 2 atom stereocenters. The highest BCUT2D eigenvalue weighted by Crippen LogP contribution is 2.36. The molecule has 0 aliphatic carbocycles. The molecule has 3 heterocycles. The summed E-state index contributed by atoms with van der Waals surface area (Å²) in [6, 6.07) is 16.0. The molecule has 1 aliphatic rings. The lowest BCUT2D eigenvalue weighted by Gasteiger charge is -2.34. The summed E-state index contributed by atoms with van der Waals surface area (Å²) in [7, 11) is 0. The van der Waals surface area contributed by atoms with Crippen molar-refractivity contribution in [3.8, 4) is 22.5 Å². The second-order valence-electron chi connectivity index (χ2n) is 11.9. The Balaban J connectivity index is 1.50. The van der Waals surface area contributed by atoms with Crippen molar-refractivity contribution in [1.29, 1.82) is 0 Å². The highest BCUT2D eigenvalue weighted by molar-refractivity contribution is 5.95. The SMILES string of the molecule is CCCCCc1c(Cc2ccc(-c3ccccc3-c3nnn[nH]3)cc2)c(=O)n2n1C(CC(C(=O)OCC)C(=O)OCC)CCC2C. The smallest absolute Gasteiger partial charge is 0.320 e. The molecular weight excluding hydrogens is 584 g/mol. The molecule has 0 fully saturated rings. The average molecular weight is 629 g/mol. The molecule has 1 aliphatic heterocycles. The summed E-state index contributed by atoms with van der Waals surface area (Å²) in [4.78, 5) is 40.0. The molecule has 11 heteroatoms. The van der Waals surface area contributed by atoms with E-state index in [1.54, 1.807) is 13.8 Å². The Kier molecular flexibility index (Phi) is 10.8. The third-order valence-corrected chi connectivity index (χ3v) is 8.84. The van der Waals surface area contributed by atoms with Crippen molar-refractivity contribution in [1.82, 2.24) is 30.0 Å². The number of hydrogen-bond donors (Lipinski definition) is 1. The molecular formula is C35H44N6O5. The number of tetrazole rings is 1. The first-order chi connectivity index (χ1) is 22.4. The summed E-state index contributed by atoms with van der Waals surface area (Å²) in [6.07, 6.45) is 6.03. The highest BCUT2D eigenvalue weighted by atomic mass is 16.6. The monoisotopic (exact) mass is 628 g/mol. The van der Waals surface area contributed by atoms with Gasteiger partial charge in [0.2, 0.25) is 0 Å². The zero-order chi connectivity index (χ0) is 32.6. The number of ether oxygens (including phenoxy) is 2. The second-order valence-corrected chi connectivity index (χ2v) is 11.9. The van der Waals surface area contributed by atoms with E-state index in [4.69, 9.17) is 9.47 Å². The van der Waals surface area contributed by atoms with Crippen molar-refractivity contribution < 1.29 is 19.1 Å². The fourth-order valence-corrected chi connectivity index (χ4v) is 6.59. The van der Waals surface area contributed by atoms with Gasteiger partial charge in [-0.2, -0.15) is 0 Å². The van der Waals surface area contributed by atoms with Crippen LogP contribution in [0.3, 0.4) is 0 Å². The van der Waals surface area contributed by atoms with E-state index in [2.05, 4.69) is 63.4 Å². The summed E-state index contributed by atoms with van der Waals surface area (Å²) in [5.41, 5.74) is 5.72. The predicted molar refractivity (Wildman–Crippen MR) is 174 cm³/mol. The second kappa shape index (κ2) is 15.2. The summed E-state index contributed by atoms with van der Waals surface area (Å²) in [5, 5.41) is 14.4. The van der Waals surface area contributed by atoms with Gasteiger partial charge in [0.1, 0.15) is 0 Å². The van der Waals surface area contributed by atoms with Crippen LogP contribution in [0.4, 0.5) is 0 Å². The molecule has 0 saturated heterocycles. The van der Waals surface area contributed by atoms with E-state index in [-0.39, 0.29) is 37.3 Å². The number of aromatic amines is 1. The number of fused-ring (bicyclic) bond motifs is 1. The Labute approximate surface area is 269 Å². The van der Waals surface area contributed by atoms with Crippen LogP contribution in [0.25, 0.3) is 22.5 Å². The largest absolute Gasteiger partial charge is 0.465 e. The number of aromatic nitrogens is 6. The number of esters is 2. The summed E-state index contributed by atoms with van der Waals surface area (Å²) < 4.78 is 14.5. The Morgan fingerprint density at radius 2 is 1.63 bits per heavy atom. The highest BCUT2D eigenvalue weighted by Gasteiger charge is 2.37. The third kappa shape index (κ3) is 6.98. The van der Waals surface area contributed by atoms with Gasteiger partial charge in [0, 0.05) is 23.2 Å². The Bertz CT molecular complexity index is 1660. The number of carbonyl (C=O) groups excluding carboxylic acids is 2. The summed E-state index contributed by atoms with van der Waals surface area (Å²) in [5.74, 6) is -1.59. The van der Waals surface area contributed by atoms with Crippen molar-refractivity contribution in [3.05, 3.63) is 75.7 Å². The van der Waals surface area contributed by atoms with Crippen LogP contribution in [0.1, 0.15) is 95.1 Å². The van der Waals surface area contributed by atoms with E-state index in [9.17, 15) is 14.4 Å². The molecule has 1 N–H and O–H groups in total. The third-order valence-electron chi connectivity index (χ3n) is 8.84. The van der Waals surface area contributed by atoms with Crippen LogP contribution < -0.4 is 5.56 Å². The molecule has 46 heavy (non-hydrogen) atoms. The fourth-order valence-electron chi connectivity index (χ4n) is 6.59. The molecule has 2 unspecified atom stereocenters. The van der Waals surface area contributed by atoms with Crippen molar-refractivity contribution in [2.75, 3.05) is 13.2 Å². The maximum atomic E-state index is 14.2. The molecule has 4 aromatic rings. The van der Waals surface area contributed by atoms with Crippen LogP contribution in [0.5, 0.6) is 0 Å². The maximum absolute atomic E-state index is 14.2. The van der Waals surface area contributed by atoms with Crippen LogP contribution in [0.2, 0.25) is 0 Å². The zero-order valence-electron chi connectivity index (χ0n) is 27.2. The van der Waals surface area contributed by atoms with E-state index >= 15 is 0 Å². The van der Waals surface area contributed by atoms with Gasteiger partial charge in [-0.3, -0.25) is 19.1 Å². The summed E-state index contributed by atoms with van der Waals surface area (Å²) in [6.45, 7) is 8.04. The van der Waals surface area contributed by atoms with Gasteiger partial charge in [-0.25, -0.2) is 9.78 Å². The summed E-state index contributed by atoms with van der Waals surface area (Å²) >= 11 is 0. The van der Waals surface area contributed by atoms with Gasteiger partial charge < -0.3 is 9.47 Å². The topological polar surface area (TPSA) is 134 Å². The maximum Gasteiger partial charge on any atom is 0.320 e. The standard InChI is InChI=1S/C35H44N6O5/c1-5-8-9-14-31-29(21-24-16-18-25(19-17-24)27-12-10-11-13-28(27)32-36-38-39-37-32)33(42)40-23(4)15-20-26(41(31)40)22-30(34(43)45-6-2)35(44)46-7-3/h10-13,16-19,23,26,30H,5-9,14-15,20-22H2,1-4H3,(H,36,37,38,39). The lowest BCUT2D eigenvalue weighted by atomic mass is 9.93. The Morgan fingerprint density at radius 3 is 2.26 bits per heavy atom. The molecule has 11 nitrogen and oxygen atoms in total. The number of nitrogens with one attached hydrogen (secondary N) is 1. The number of benzene rings is 2. The first-order valence-electron chi connectivity index (χ1n) is 16.5. The number of rotatable bonds is 14. The van der Waals surface area contributed by atoms with Gasteiger partial charge in [0.25, 0.3) is 5.56 Å². The van der Waals surface area contributed by atoms with Crippen molar-refractivity contribution in [2.24, 2.45) is 5.92 Å². The minimum atomic E-state index is -1.04. The van der Waals surface area contributed by atoms with Gasteiger partial charge in [-0.05, 0) is 80.0 Å². The first kappa shape index (κ1) is 32.8. The van der Waals surface area contributed by atoms with Gasteiger partial charge in [-0.15, -0.1) is 5.10 Å². The molecule has 5 rings (SSSR count). The van der Waals surface area contributed by atoms with Crippen LogP contribution in [-0.2, 0) is 31.9 Å². The fraction of sp³-hybridized carbons (Fsp3) is 0.486. The molecule has 2 aromatic carbocycles. The van der Waals surface area contributed by atoms with Crippen LogP contribution in [0, 0.1) is 5.92 Å². The number of nitrogens with zero attached hydrogens (tertiary/aromatic N) is 5. The molecule has 0 bridgehead atoms. The van der Waals surface area contributed by atoms with Gasteiger partial charge in [0.05, 0.1) is 25.3 Å². The minimum Gasteiger partial charge on any atom is -0.465 e. The molecule has 0 amide bonds. The number of carbonyl (C=O) groups is 2. The van der Waals surface area contributed by atoms with E-state index < -0.39 is 17.9 Å². The van der Waals surface area contributed by atoms with Crippen LogP contribution >= 0.6 is 0 Å². The lowest BCUT2D eigenvalue weighted by molar-refractivity contribution is -0.162. The molecule has 0 radical (unpaired) electrons. The van der Waals surface area contributed by atoms with Crippen molar-refractivity contribution in [3.63, 3.8) is 0 Å². The number of H-pyrrole nitrogens is 1. The zero-order valence-corrected chi connectivity index (χ0v) is 27.2. The molecule has 244 valence electrons. The van der Waals surface area contributed by atoms with E-state index in [1.165, 1.54) is 0 Å². The number of hydrogen-bond acceptors (Lipinski definition) is 8. The van der Waals surface area contributed by atoms with Gasteiger partial charge in [-0.1, -0.05) is 68.3 Å². The van der Waals surface area contributed by atoms with Crippen molar-refractivity contribution in [2.45, 2.75) is 91.1 Å². The average Bonchev–Trinajstić information content (AvgIpc) is 3.69. The Hall–Kier alpha value is -4.54. The van der Waals surface area contributed by atoms with E-state index in [1.807, 2.05) is 28.9 Å². The van der Waals surface area contributed by atoms with Crippen LogP contribution in [-0.4, -0.2) is 55.1 Å².